The maximum atomic E-state index is 14.0. The van der Waals surface area contributed by atoms with E-state index < -0.39 is 64.8 Å². The maximum Gasteiger partial charge on any atom is 0.326 e. The molecule has 2 aromatic carbocycles. The van der Waals surface area contributed by atoms with Crippen LogP contribution in [0.25, 0.3) is 0 Å². The normalized spacial score (nSPS) is 20.3. The summed E-state index contributed by atoms with van der Waals surface area (Å²) in [6.07, 6.45) is 3.61. The number of hydrogen-bond donors (Lipinski definition) is 6. The van der Waals surface area contributed by atoms with E-state index in [9.17, 15) is 39.0 Å². The highest BCUT2D eigenvalue weighted by Gasteiger charge is 2.65. The second kappa shape index (κ2) is 18.1. The zero-order chi connectivity index (χ0) is 41.7. The number of benzene rings is 2. The molecular weight excluding hydrogens is 745 g/mol. The highest BCUT2D eigenvalue weighted by Crippen LogP contribution is 2.65. The number of aliphatic hydroxyl groups is 1. The Kier molecular flexibility index (Phi) is 13.7. The fourth-order valence-electron chi connectivity index (χ4n) is 7.94. The summed E-state index contributed by atoms with van der Waals surface area (Å²) >= 11 is 1.41. The Labute approximate surface area is 338 Å². The van der Waals surface area contributed by atoms with E-state index >= 15 is 0 Å². The van der Waals surface area contributed by atoms with E-state index in [0.717, 1.165) is 40.7 Å². The Morgan fingerprint density at radius 2 is 1.28 bits per heavy atom. The molecule has 1 spiro atoms. The van der Waals surface area contributed by atoms with E-state index in [2.05, 4.69) is 21.3 Å². The molecule has 2 aromatic rings. The molecule has 1 fully saturated rings. The number of amides is 4. The van der Waals surface area contributed by atoms with E-state index in [0.29, 0.717) is 16.9 Å². The van der Waals surface area contributed by atoms with Gasteiger partial charge in [-0.3, -0.25) is 24.0 Å². The molecule has 304 valence electrons. The van der Waals surface area contributed by atoms with E-state index in [1.54, 1.807) is 55.5 Å². The Bertz CT molecular complexity index is 1980. The van der Waals surface area contributed by atoms with Gasteiger partial charge in [0.25, 0.3) is 0 Å². The first-order chi connectivity index (χ1) is 26.9. The summed E-state index contributed by atoms with van der Waals surface area (Å²) in [5.41, 5.74) is 3.66. The average molecular weight is 799 g/mol. The van der Waals surface area contributed by atoms with Gasteiger partial charge in [-0.15, -0.1) is 0 Å². The van der Waals surface area contributed by atoms with Crippen molar-refractivity contribution >= 4 is 47.1 Å². The molecule has 4 amide bonds. The zero-order valence-corrected chi connectivity index (χ0v) is 34.3. The number of carboxylic acids is 1. The average Bonchev–Trinajstić information content (AvgIpc) is 3.91. The van der Waals surface area contributed by atoms with Gasteiger partial charge in [-0.05, 0) is 79.9 Å². The van der Waals surface area contributed by atoms with Crippen molar-refractivity contribution in [1.82, 2.24) is 21.3 Å². The fourth-order valence-corrected chi connectivity index (χ4v) is 9.10. The third-order valence-corrected chi connectivity index (χ3v) is 12.3. The summed E-state index contributed by atoms with van der Waals surface area (Å²) in [4.78, 5) is 79.6. The summed E-state index contributed by atoms with van der Waals surface area (Å²) < 4.78 is 0. The minimum atomic E-state index is -1.46. The van der Waals surface area contributed by atoms with Crippen LogP contribution in [0.15, 0.2) is 94.6 Å². The van der Waals surface area contributed by atoms with Crippen molar-refractivity contribution in [3.63, 3.8) is 0 Å². The molecule has 0 heterocycles. The molecule has 0 aliphatic heterocycles. The maximum absolute atomic E-state index is 14.0. The quantitative estimate of drug-likeness (QED) is 0.130. The largest absolute Gasteiger partial charge is 0.480 e. The van der Waals surface area contributed by atoms with Crippen molar-refractivity contribution in [2.75, 3.05) is 11.5 Å². The summed E-state index contributed by atoms with van der Waals surface area (Å²) in [7, 11) is 0. The number of fused-ring (bicyclic) bond motifs is 1. The van der Waals surface area contributed by atoms with Crippen molar-refractivity contribution in [2.24, 2.45) is 11.3 Å². The topological polar surface area (TPSA) is 191 Å². The molecular formula is C44H54N4O8S. The van der Waals surface area contributed by atoms with Gasteiger partial charge in [0, 0.05) is 42.3 Å². The van der Waals surface area contributed by atoms with Gasteiger partial charge >= 0.3 is 5.97 Å². The smallest absolute Gasteiger partial charge is 0.326 e. The molecule has 13 heteroatoms. The van der Waals surface area contributed by atoms with E-state index in [1.807, 2.05) is 45.9 Å². The number of allylic oxidation sites excluding steroid dienone is 3. The number of nitrogens with one attached hydrogen (secondary N) is 4. The Morgan fingerprint density at radius 3 is 1.81 bits per heavy atom. The molecule has 5 atom stereocenters. The fraction of sp³-hybridized carbons (Fsp3) is 0.455. The lowest BCUT2D eigenvalue weighted by Crippen LogP contribution is -2.58. The number of thioether (sulfide) groups is 1. The zero-order valence-electron chi connectivity index (χ0n) is 33.4. The predicted octanol–water partition coefficient (Wildman–Crippen LogP) is 3.98. The van der Waals surface area contributed by atoms with Gasteiger partial charge in [-0.2, -0.15) is 11.8 Å². The lowest BCUT2D eigenvalue weighted by atomic mass is 9.67. The molecule has 1 saturated carbocycles. The summed E-state index contributed by atoms with van der Waals surface area (Å²) in [6, 6.07) is 13.4. The number of rotatable bonds is 18. The molecule has 6 N–H and O–H groups in total. The van der Waals surface area contributed by atoms with Crippen LogP contribution in [0.1, 0.15) is 71.9 Å². The van der Waals surface area contributed by atoms with Crippen LogP contribution in [0, 0.1) is 11.3 Å². The first-order valence-electron chi connectivity index (χ1n) is 19.4. The predicted molar refractivity (Wildman–Crippen MR) is 219 cm³/mol. The third kappa shape index (κ3) is 9.93. The van der Waals surface area contributed by atoms with Crippen LogP contribution in [-0.4, -0.2) is 86.9 Å². The highest BCUT2D eigenvalue weighted by molar-refractivity contribution is 7.99. The SMILES string of the molecule is CC(=O)N[C@H](CSCC1=C(C)C=C2C(=O)[C@](C)(O)C3(CC3)C(C)=C21)C(=O)N[C@@H](CC(C)C)C(=O)N[C@@H](Cc1ccccc1)C(=O)N[C@@H](Cc1ccccc1)C(=O)O. The first kappa shape index (κ1) is 43.1. The van der Waals surface area contributed by atoms with E-state index in [1.165, 1.54) is 18.7 Å². The van der Waals surface area contributed by atoms with Crippen LogP contribution in [0.2, 0.25) is 0 Å². The number of carbonyl (C=O) groups is 6. The minimum absolute atomic E-state index is 0.0369. The molecule has 0 bridgehead atoms. The van der Waals surface area contributed by atoms with Crippen LogP contribution in [0.5, 0.6) is 0 Å². The van der Waals surface area contributed by atoms with Crippen LogP contribution in [0.4, 0.5) is 0 Å². The molecule has 0 unspecified atom stereocenters. The van der Waals surface area contributed by atoms with Gasteiger partial charge in [-0.25, -0.2) is 4.79 Å². The van der Waals surface area contributed by atoms with Crippen molar-refractivity contribution in [3.8, 4) is 0 Å². The number of hydrogen-bond acceptors (Lipinski definition) is 8. The van der Waals surface area contributed by atoms with Crippen molar-refractivity contribution in [2.45, 2.75) is 103 Å². The van der Waals surface area contributed by atoms with Crippen molar-refractivity contribution in [3.05, 3.63) is 106 Å². The number of Topliss-reactive ketones (excluding diaryl/α,β-unsaturated/α-hetero) is 1. The summed E-state index contributed by atoms with van der Waals surface area (Å²) in [5.74, 6) is -3.27. The van der Waals surface area contributed by atoms with Crippen LogP contribution >= 0.6 is 11.8 Å². The van der Waals surface area contributed by atoms with Crippen molar-refractivity contribution < 1.29 is 39.0 Å². The van der Waals surface area contributed by atoms with Gasteiger partial charge in [0.1, 0.15) is 29.8 Å². The van der Waals surface area contributed by atoms with Gasteiger partial charge in [0.2, 0.25) is 23.6 Å². The van der Waals surface area contributed by atoms with E-state index in [-0.39, 0.29) is 36.7 Å². The minimum Gasteiger partial charge on any atom is -0.480 e. The molecule has 0 aromatic heterocycles. The van der Waals surface area contributed by atoms with Crippen LogP contribution in [-0.2, 0) is 41.6 Å². The molecule has 3 aliphatic rings. The monoisotopic (exact) mass is 798 g/mol. The highest BCUT2D eigenvalue weighted by atomic mass is 32.2. The molecule has 3 aliphatic carbocycles. The number of ketones is 1. The molecule has 5 rings (SSSR count). The lowest BCUT2D eigenvalue weighted by Gasteiger charge is -2.39. The number of aliphatic carboxylic acids is 1. The Hall–Kier alpha value is -5.01. The summed E-state index contributed by atoms with van der Waals surface area (Å²) in [6.45, 7) is 10.6. The molecule has 0 saturated heterocycles. The van der Waals surface area contributed by atoms with Crippen LogP contribution in [0.3, 0.4) is 0 Å². The van der Waals surface area contributed by atoms with Gasteiger partial charge < -0.3 is 31.5 Å². The second-order valence-electron chi connectivity index (χ2n) is 16.0. The second-order valence-corrected chi connectivity index (χ2v) is 17.0. The Morgan fingerprint density at radius 1 is 0.772 bits per heavy atom. The van der Waals surface area contributed by atoms with E-state index in [4.69, 9.17) is 0 Å². The molecule has 0 radical (unpaired) electrons. The molecule has 12 nitrogen and oxygen atoms in total. The van der Waals surface area contributed by atoms with Crippen molar-refractivity contribution in [1.29, 1.82) is 0 Å². The third-order valence-electron chi connectivity index (χ3n) is 11.2. The van der Waals surface area contributed by atoms with Crippen LogP contribution < -0.4 is 21.3 Å². The molecule has 57 heavy (non-hydrogen) atoms. The number of carbonyl (C=O) groups excluding carboxylic acids is 5. The van der Waals surface area contributed by atoms with Gasteiger partial charge in [0.15, 0.2) is 5.78 Å². The summed E-state index contributed by atoms with van der Waals surface area (Å²) in [5, 5.41) is 32.1. The van der Waals surface area contributed by atoms with Gasteiger partial charge in [-0.1, -0.05) is 80.1 Å². The van der Waals surface area contributed by atoms with Gasteiger partial charge in [0.05, 0.1) is 0 Å². The first-order valence-corrected chi connectivity index (χ1v) is 20.6. The Balaban J connectivity index is 1.29. The standard InChI is InChI=1S/C44H54N4O8S/c1-25(2)19-33(39(51)47-34(21-29-13-9-7-10-14-29)40(52)48-35(42(54)55)22-30-15-11-8-12-16-30)46-41(53)36(45-28(5)49)24-57-23-32-26(3)20-31-37(32)27(4)44(17-18-44)43(6,56)38(31)50/h7-16,20,25,33-36,56H,17-19,21-24H2,1-6H3,(H,45,49)(H,46,53)(H,47,51)(H,48,52)(H,54,55)/t33-,34-,35-,36+,43-/m0/s1. The number of carboxylic acid groups (broad SMARTS) is 1. The lowest BCUT2D eigenvalue weighted by molar-refractivity contribution is -0.142.